The van der Waals surface area contributed by atoms with E-state index in [0.29, 0.717) is 6.42 Å². The lowest BCUT2D eigenvalue weighted by Crippen LogP contribution is -2.51. The van der Waals surface area contributed by atoms with Crippen molar-refractivity contribution in [3.05, 3.63) is 0 Å². The topological polar surface area (TPSA) is 116 Å². The fourth-order valence-electron chi connectivity index (χ4n) is 2.33. The standard InChI is InChI=1S/C13H22N2O6/c1-7(2)4-9(12(19)21-3)14-13(20)15-6-8(16)5-10(15)11(17)18/h7-10,16H,4-6H2,1-3H3,(H,14,20)(H,17,18)/t8?,9?,10-/m0/s1. The summed E-state index contributed by atoms with van der Waals surface area (Å²) < 4.78 is 4.63. The molecule has 21 heavy (non-hydrogen) atoms. The van der Waals surface area contributed by atoms with Crippen LogP contribution in [-0.2, 0) is 14.3 Å². The first-order valence-electron chi connectivity index (χ1n) is 6.82. The van der Waals surface area contributed by atoms with Crippen LogP contribution in [0.15, 0.2) is 0 Å². The molecule has 1 saturated heterocycles. The predicted octanol–water partition coefficient (Wildman–Crippen LogP) is -0.196. The minimum atomic E-state index is -1.18. The zero-order valence-corrected chi connectivity index (χ0v) is 12.4. The van der Waals surface area contributed by atoms with E-state index in [2.05, 4.69) is 10.1 Å². The number of carbonyl (C=O) groups is 3. The number of ether oxygens (including phenoxy) is 1. The first-order chi connectivity index (χ1) is 9.76. The van der Waals surface area contributed by atoms with Crippen LogP contribution in [0.5, 0.6) is 0 Å². The minimum Gasteiger partial charge on any atom is -0.480 e. The van der Waals surface area contributed by atoms with Crippen molar-refractivity contribution in [1.29, 1.82) is 0 Å². The van der Waals surface area contributed by atoms with Crippen LogP contribution in [0, 0.1) is 5.92 Å². The van der Waals surface area contributed by atoms with Crippen molar-refractivity contribution in [2.24, 2.45) is 5.92 Å². The molecule has 1 fully saturated rings. The number of nitrogens with one attached hydrogen (secondary N) is 1. The molecule has 0 bridgehead atoms. The summed E-state index contributed by atoms with van der Waals surface area (Å²) in [7, 11) is 1.22. The van der Waals surface area contributed by atoms with Gasteiger partial charge in [-0.25, -0.2) is 14.4 Å². The Labute approximate surface area is 123 Å². The van der Waals surface area contributed by atoms with E-state index in [-0.39, 0.29) is 18.9 Å². The molecular weight excluding hydrogens is 280 g/mol. The van der Waals surface area contributed by atoms with Crippen LogP contribution in [0.4, 0.5) is 4.79 Å². The van der Waals surface area contributed by atoms with Crippen molar-refractivity contribution in [3.8, 4) is 0 Å². The summed E-state index contributed by atoms with van der Waals surface area (Å²) in [6.07, 6.45) is -0.513. The molecular formula is C13H22N2O6. The minimum absolute atomic E-state index is 0.0180. The van der Waals surface area contributed by atoms with Crippen LogP contribution in [0.2, 0.25) is 0 Å². The maximum atomic E-state index is 12.2. The number of carboxylic acids is 1. The number of methoxy groups -OCH3 is 1. The number of likely N-dealkylation sites (tertiary alicyclic amines) is 1. The number of nitrogens with zero attached hydrogens (tertiary/aromatic N) is 1. The van der Waals surface area contributed by atoms with Gasteiger partial charge in [-0.15, -0.1) is 0 Å². The number of β-amino-alcohol motifs (C(OH)–C–C–N with tert-alkyl or cyclic N) is 1. The monoisotopic (exact) mass is 302 g/mol. The van der Waals surface area contributed by atoms with Crippen molar-refractivity contribution in [3.63, 3.8) is 0 Å². The Balaban J connectivity index is 2.76. The molecule has 2 unspecified atom stereocenters. The molecule has 0 saturated carbocycles. The Kier molecular flexibility index (Phi) is 5.95. The number of urea groups is 1. The molecule has 0 spiro atoms. The Morgan fingerprint density at radius 2 is 2.00 bits per heavy atom. The highest BCUT2D eigenvalue weighted by Gasteiger charge is 2.40. The van der Waals surface area contributed by atoms with Gasteiger partial charge in [-0.05, 0) is 12.3 Å². The molecule has 2 amide bonds. The Bertz CT molecular complexity index is 411. The molecule has 3 N–H and O–H groups in total. The summed E-state index contributed by atoms with van der Waals surface area (Å²) in [6.45, 7) is 3.71. The van der Waals surface area contributed by atoms with Crippen molar-refractivity contribution >= 4 is 18.0 Å². The van der Waals surface area contributed by atoms with Gasteiger partial charge >= 0.3 is 18.0 Å². The molecule has 1 rings (SSSR count). The van der Waals surface area contributed by atoms with Gasteiger partial charge in [-0.3, -0.25) is 0 Å². The summed E-state index contributed by atoms with van der Waals surface area (Å²) in [5.41, 5.74) is 0. The highest BCUT2D eigenvalue weighted by atomic mass is 16.5. The van der Waals surface area contributed by atoms with Gasteiger partial charge < -0.3 is 25.2 Å². The Morgan fingerprint density at radius 3 is 2.48 bits per heavy atom. The van der Waals surface area contributed by atoms with Gasteiger partial charge in [-0.2, -0.15) is 0 Å². The third-order valence-electron chi connectivity index (χ3n) is 3.32. The maximum absolute atomic E-state index is 12.2. The zero-order chi connectivity index (χ0) is 16.2. The molecule has 0 aromatic heterocycles. The van der Waals surface area contributed by atoms with Gasteiger partial charge in [0.25, 0.3) is 0 Å². The van der Waals surface area contributed by atoms with Crippen LogP contribution in [0.1, 0.15) is 26.7 Å². The molecule has 3 atom stereocenters. The smallest absolute Gasteiger partial charge is 0.328 e. The first-order valence-corrected chi connectivity index (χ1v) is 6.82. The van der Waals surface area contributed by atoms with E-state index in [1.165, 1.54) is 7.11 Å². The van der Waals surface area contributed by atoms with Gasteiger partial charge in [-0.1, -0.05) is 13.8 Å². The lowest BCUT2D eigenvalue weighted by atomic mass is 10.0. The van der Waals surface area contributed by atoms with Gasteiger partial charge in [0.05, 0.1) is 13.2 Å². The van der Waals surface area contributed by atoms with E-state index in [4.69, 9.17) is 5.11 Å². The van der Waals surface area contributed by atoms with E-state index in [0.717, 1.165) is 4.90 Å². The lowest BCUT2D eigenvalue weighted by Gasteiger charge is -2.25. The first kappa shape index (κ1) is 17.2. The van der Waals surface area contributed by atoms with E-state index in [1.54, 1.807) is 0 Å². The van der Waals surface area contributed by atoms with Crippen LogP contribution in [0.25, 0.3) is 0 Å². The maximum Gasteiger partial charge on any atom is 0.328 e. The van der Waals surface area contributed by atoms with Crippen LogP contribution >= 0.6 is 0 Å². The number of hydrogen-bond acceptors (Lipinski definition) is 5. The highest BCUT2D eigenvalue weighted by Crippen LogP contribution is 2.18. The number of hydrogen-bond donors (Lipinski definition) is 3. The fourth-order valence-corrected chi connectivity index (χ4v) is 2.33. The highest BCUT2D eigenvalue weighted by molar-refractivity contribution is 5.87. The number of carbonyl (C=O) groups excluding carboxylic acids is 2. The Hall–Kier alpha value is -1.83. The molecule has 8 heteroatoms. The lowest BCUT2D eigenvalue weighted by molar-refractivity contribution is -0.143. The SMILES string of the molecule is COC(=O)C(CC(C)C)NC(=O)N1CC(O)C[C@H]1C(=O)O. The van der Waals surface area contributed by atoms with Crippen molar-refractivity contribution in [2.75, 3.05) is 13.7 Å². The number of esters is 1. The Morgan fingerprint density at radius 1 is 1.38 bits per heavy atom. The van der Waals surface area contributed by atoms with Crippen molar-refractivity contribution in [2.45, 2.75) is 44.9 Å². The predicted molar refractivity (Wildman–Crippen MR) is 72.5 cm³/mol. The van der Waals surface area contributed by atoms with Gasteiger partial charge in [0.1, 0.15) is 12.1 Å². The molecule has 1 aliphatic heterocycles. The quantitative estimate of drug-likeness (QED) is 0.606. The summed E-state index contributed by atoms with van der Waals surface area (Å²) in [4.78, 5) is 35.9. The van der Waals surface area contributed by atoms with Crippen molar-refractivity contribution < 1.29 is 29.3 Å². The average molecular weight is 302 g/mol. The molecule has 0 aromatic carbocycles. The molecule has 120 valence electrons. The normalized spacial score (nSPS) is 23.0. The molecule has 0 aromatic rings. The van der Waals surface area contributed by atoms with Crippen LogP contribution < -0.4 is 5.32 Å². The summed E-state index contributed by atoms with van der Waals surface area (Å²) in [6, 6.07) is -2.61. The summed E-state index contributed by atoms with van der Waals surface area (Å²) in [5, 5.41) is 21.1. The van der Waals surface area contributed by atoms with E-state index >= 15 is 0 Å². The second kappa shape index (κ2) is 7.26. The number of aliphatic hydroxyl groups is 1. The molecule has 0 radical (unpaired) electrons. The largest absolute Gasteiger partial charge is 0.480 e. The van der Waals surface area contributed by atoms with Crippen LogP contribution in [0.3, 0.4) is 0 Å². The third-order valence-corrected chi connectivity index (χ3v) is 3.32. The number of rotatable bonds is 5. The second-order valence-corrected chi connectivity index (χ2v) is 5.55. The van der Waals surface area contributed by atoms with Crippen molar-refractivity contribution in [1.82, 2.24) is 10.2 Å². The molecule has 1 heterocycles. The molecule has 8 nitrogen and oxygen atoms in total. The van der Waals surface area contributed by atoms with E-state index < -0.39 is 36.2 Å². The van der Waals surface area contributed by atoms with E-state index in [9.17, 15) is 19.5 Å². The van der Waals surface area contributed by atoms with Gasteiger partial charge in [0.15, 0.2) is 0 Å². The summed E-state index contributed by atoms with van der Waals surface area (Å²) in [5.74, 6) is -1.61. The number of amides is 2. The second-order valence-electron chi connectivity index (χ2n) is 5.55. The number of aliphatic carboxylic acids is 1. The molecule has 1 aliphatic rings. The fraction of sp³-hybridized carbons (Fsp3) is 0.769. The zero-order valence-electron chi connectivity index (χ0n) is 12.4. The number of aliphatic hydroxyl groups excluding tert-OH is 1. The summed E-state index contributed by atoms with van der Waals surface area (Å²) >= 11 is 0. The van der Waals surface area contributed by atoms with Crippen LogP contribution in [-0.4, -0.2) is 64.9 Å². The van der Waals surface area contributed by atoms with Gasteiger partial charge in [0.2, 0.25) is 0 Å². The third kappa shape index (κ3) is 4.59. The number of carboxylic acid groups (broad SMARTS) is 1. The van der Waals surface area contributed by atoms with Gasteiger partial charge in [0, 0.05) is 13.0 Å². The average Bonchev–Trinajstić information content (AvgIpc) is 2.78. The van der Waals surface area contributed by atoms with E-state index in [1.807, 2.05) is 13.8 Å². The molecule has 0 aliphatic carbocycles.